The third kappa shape index (κ3) is 2.73. The summed E-state index contributed by atoms with van der Waals surface area (Å²) in [5.41, 5.74) is 2.50. The van der Waals surface area contributed by atoms with E-state index >= 15 is 0 Å². The number of rotatable bonds is 1. The molecule has 1 aromatic carbocycles. The fourth-order valence-electron chi connectivity index (χ4n) is 0.816. The minimum absolute atomic E-state index is 1.22. The van der Waals surface area contributed by atoms with Crippen LogP contribution in [0.25, 0.3) is 6.08 Å². The first-order valence-electron chi connectivity index (χ1n) is 3.36. The topological polar surface area (TPSA) is 0 Å². The maximum absolute atomic E-state index is 4.00. The molecular weight excluding hydrogens is 132 g/mol. The van der Waals surface area contributed by atoms with Gasteiger partial charge in [0.05, 0.1) is 0 Å². The zero-order valence-electron chi connectivity index (χ0n) is 6.75. The average molecular weight is 144 g/mol. The molecule has 0 saturated carbocycles. The highest BCUT2D eigenvalue weighted by atomic mass is 13.9. The molecule has 0 aliphatic heterocycles. The van der Waals surface area contributed by atoms with Gasteiger partial charge in [0.1, 0.15) is 0 Å². The third-order valence-corrected chi connectivity index (χ3v) is 1.41. The van der Waals surface area contributed by atoms with E-state index in [9.17, 15) is 0 Å². The van der Waals surface area contributed by atoms with Crippen molar-refractivity contribution in [3.63, 3.8) is 0 Å². The first-order chi connectivity index (χ1) is 5.34. The van der Waals surface area contributed by atoms with Gasteiger partial charge in [0.25, 0.3) is 0 Å². The summed E-state index contributed by atoms with van der Waals surface area (Å²) in [4.78, 5) is 0. The van der Waals surface area contributed by atoms with E-state index < -0.39 is 0 Å². The molecule has 0 radical (unpaired) electrons. The summed E-state index contributed by atoms with van der Waals surface area (Å²) in [6.45, 7) is 5.77. The lowest BCUT2D eigenvalue weighted by molar-refractivity contribution is 1.45. The van der Waals surface area contributed by atoms with Gasteiger partial charge in [-0.15, -0.1) is 12.8 Å². The Kier molecular flexibility index (Phi) is 4.60. The van der Waals surface area contributed by atoms with Crippen LogP contribution in [-0.4, -0.2) is 0 Å². The monoisotopic (exact) mass is 144 g/mol. The maximum Gasteiger partial charge on any atom is -0.0233 e. The molecular formula is C11H12. The van der Waals surface area contributed by atoms with Gasteiger partial charge in [0.15, 0.2) is 0 Å². The Hall–Kier alpha value is -1.48. The molecule has 0 fully saturated rings. The van der Waals surface area contributed by atoms with Crippen molar-refractivity contribution in [3.05, 3.63) is 42.0 Å². The first kappa shape index (κ1) is 9.52. The van der Waals surface area contributed by atoms with E-state index in [4.69, 9.17) is 0 Å². The number of aryl methyl sites for hydroxylation is 1. The second-order valence-corrected chi connectivity index (χ2v) is 2.06. The predicted octanol–water partition coefficient (Wildman–Crippen LogP) is 2.89. The van der Waals surface area contributed by atoms with Crippen LogP contribution in [0, 0.1) is 19.8 Å². The van der Waals surface area contributed by atoms with Crippen LogP contribution in [0.15, 0.2) is 30.8 Å². The van der Waals surface area contributed by atoms with Crippen molar-refractivity contribution >= 4 is 6.08 Å². The van der Waals surface area contributed by atoms with Crippen LogP contribution in [0.1, 0.15) is 11.1 Å². The quantitative estimate of drug-likeness (QED) is 0.532. The molecule has 0 unspecified atom stereocenters. The molecule has 0 atom stereocenters. The molecule has 0 amide bonds. The van der Waals surface area contributed by atoms with Crippen molar-refractivity contribution < 1.29 is 0 Å². The van der Waals surface area contributed by atoms with Gasteiger partial charge < -0.3 is 0 Å². The number of benzene rings is 1. The van der Waals surface area contributed by atoms with Gasteiger partial charge in [0, 0.05) is 0 Å². The number of hydrogen-bond donors (Lipinski definition) is 0. The van der Waals surface area contributed by atoms with Crippen molar-refractivity contribution in [2.75, 3.05) is 0 Å². The smallest absolute Gasteiger partial charge is 0.0233 e. The van der Waals surface area contributed by atoms with Crippen molar-refractivity contribution in [1.29, 1.82) is 0 Å². The predicted molar refractivity (Wildman–Crippen MR) is 51.2 cm³/mol. The normalized spacial score (nSPS) is 7.55. The van der Waals surface area contributed by atoms with E-state index in [1.165, 1.54) is 11.1 Å². The zero-order chi connectivity index (χ0) is 8.69. The van der Waals surface area contributed by atoms with Gasteiger partial charge in [-0.05, 0) is 18.1 Å². The van der Waals surface area contributed by atoms with Crippen LogP contribution in [0.3, 0.4) is 0 Å². The van der Waals surface area contributed by atoms with Crippen LogP contribution in [0.4, 0.5) is 0 Å². The number of hydrogen-bond acceptors (Lipinski definition) is 0. The fourth-order valence-corrected chi connectivity index (χ4v) is 0.816. The summed E-state index contributed by atoms with van der Waals surface area (Å²) in [5, 5.41) is 0. The Morgan fingerprint density at radius 1 is 1.27 bits per heavy atom. The molecule has 0 saturated heterocycles. The Bertz CT molecular complexity index is 243. The van der Waals surface area contributed by atoms with E-state index in [1.807, 2.05) is 18.2 Å². The molecule has 0 heteroatoms. The Morgan fingerprint density at radius 2 is 1.82 bits per heavy atom. The molecule has 0 bridgehead atoms. The lowest BCUT2D eigenvalue weighted by Crippen LogP contribution is -1.75. The molecule has 56 valence electrons. The molecule has 0 aromatic heterocycles. The van der Waals surface area contributed by atoms with Gasteiger partial charge >= 0.3 is 0 Å². The van der Waals surface area contributed by atoms with Gasteiger partial charge in [-0.1, -0.05) is 36.9 Å². The second kappa shape index (κ2) is 5.32. The van der Waals surface area contributed by atoms with Gasteiger partial charge in [-0.25, -0.2) is 0 Å². The van der Waals surface area contributed by atoms with Crippen LogP contribution in [0.5, 0.6) is 0 Å². The highest BCUT2D eigenvalue weighted by molar-refractivity contribution is 5.50. The van der Waals surface area contributed by atoms with Crippen molar-refractivity contribution in [1.82, 2.24) is 0 Å². The van der Waals surface area contributed by atoms with Gasteiger partial charge in [-0.2, -0.15) is 0 Å². The van der Waals surface area contributed by atoms with E-state index in [0.717, 1.165) is 0 Å². The SMILES string of the molecule is C#C.C=Cc1ccccc1C. The highest BCUT2D eigenvalue weighted by Gasteiger charge is 1.86. The van der Waals surface area contributed by atoms with Crippen molar-refractivity contribution in [2.24, 2.45) is 0 Å². The van der Waals surface area contributed by atoms with E-state index in [0.29, 0.717) is 0 Å². The van der Waals surface area contributed by atoms with Gasteiger partial charge in [0.2, 0.25) is 0 Å². The van der Waals surface area contributed by atoms with Crippen LogP contribution >= 0.6 is 0 Å². The van der Waals surface area contributed by atoms with E-state index in [-0.39, 0.29) is 0 Å². The summed E-state index contributed by atoms with van der Waals surface area (Å²) in [7, 11) is 0. The average Bonchev–Trinajstić information content (AvgIpc) is 2.09. The van der Waals surface area contributed by atoms with Crippen LogP contribution in [-0.2, 0) is 0 Å². The van der Waals surface area contributed by atoms with E-state index in [1.54, 1.807) is 0 Å². The molecule has 0 aliphatic carbocycles. The van der Waals surface area contributed by atoms with Gasteiger partial charge in [-0.3, -0.25) is 0 Å². The molecule has 1 rings (SSSR count). The Morgan fingerprint density at radius 3 is 2.18 bits per heavy atom. The molecule has 0 N–H and O–H groups in total. The Labute approximate surface area is 68.6 Å². The highest BCUT2D eigenvalue weighted by Crippen LogP contribution is 2.06. The Balaban J connectivity index is 0.000000461. The standard InChI is InChI=1S/C9H10.C2H2/c1-3-9-7-5-4-6-8(9)2;1-2/h3-7H,1H2,2H3;1-2H. The molecule has 1 aromatic rings. The largest absolute Gasteiger partial charge is 0.124 e. The summed E-state index contributed by atoms with van der Waals surface area (Å²) in [6.07, 6.45) is 9.87. The fraction of sp³-hybridized carbons (Fsp3) is 0.0909. The second-order valence-electron chi connectivity index (χ2n) is 2.06. The maximum atomic E-state index is 4.00. The van der Waals surface area contributed by atoms with Crippen molar-refractivity contribution in [2.45, 2.75) is 6.92 Å². The minimum Gasteiger partial charge on any atom is -0.124 e. The van der Waals surface area contributed by atoms with Crippen LogP contribution < -0.4 is 0 Å². The molecule has 0 spiro atoms. The molecule has 11 heavy (non-hydrogen) atoms. The lowest BCUT2D eigenvalue weighted by Gasteiger charge is -1.95. The minimum atomic E-state index is 1.22. The van der Waals surface area contributed by atoms with Crippen LogP contribution in [0.2, 0.25) is 0 Å². The molecule has 0 aliphatic rings. The summed E-state index contributed by atoms with van der Waals surface area (Å²) < 4.78 is 0. The third-order valence-electron chi connectivity index (χ3n) is 1.41. The molecule has 0 heterocycles. The number of terminal acetylenes is 1. The summed E-state index contributed by atoms with van der Waals surface area (Å²) >= 11 is 0. The lowest BCUT2D eigenvalue weighted by atomic mass is 10.1. The molecule has 0 nitrogen and oxygen atoms in total. The van der Waals surface area contributed by atoms with Crippen molar-refractivity contribution in [3.8, 4) is 12.8 Å². The summed E-state index contributed by atoms with van der Waals surface area (Å²) in [5.74, 6) is 0. The summed E-state index contributed by atoms with van der Waals surface area (Å²) in [6, 6.07) is 8.19. The first-order valence-corrected chi connectivity index (χ1v) is 3.36. The van der Waals surface area contributed by atoms with E-state index in [2.05, 4.69) is 38.5 Å². The zero-order valence-corrected chi connectivity index (χ0v) is 6.75.